The van der Waals surface area contributed by atoms with Gasteiger partial charge in [-0.25, -0.2) is 0 Å². The topological polar surface area (TPSA) is 89.8 Å². The summed E-state index contributed by atoms with van der Waals surface area (Å²) in [6.07, 6.45) is 2.43. The third-order valence-electron chi connectivity index (χ3n) is 8.48. The molecule has 0 amide bonds. The molecule has 3 aliphatic heterocycles. The number of likely N-dealkylation sites (N-methyl/N-ethyl adjacent to an activating group) is 1. The highest BCUT2D eigenvalue weighted by molar-refractivity contribution is 6.36. The van der Waals surface area contributed by atoms with Gasteiger partial charge in [-0.05, 0) is 37.4 Å². The number of nitriles is 1. The molecule has 0 spiro atoms. The van der Waals surface area contributed by atoms with Crippen molar-refractivity contribution in [2.75, 3.05) is 63.3 Å². The van der Waals surface area contributed by atoms with E-state index in [9.17, 15) is 5.26 Å². The van der Waals surface area contributed by atoms with E-state index in [0.29, 0.717) is 25.6 Å². The number of nitrogens with zero attached hydrogens (tertiary/aromatic N) is 6. The van der Waals surface area contributed by atoms with E-state index in [4.69, 9.17) is 31.0 Å². The molecule has 0 saturated carbocycles. The first kappa shape index (κ1) is 27.0. The van der Waals surface area contributed by atoms with E-state index in [1.54, 1.807) is 7.11 Å². The lowest BCUT2D eigenvalue weighted by atomic mass is 10.0. The van der Waals surface area contributed by atoms with Crippen LogP contribution in [0.4, 0.5) is 11.5 Å². The van der Waals surface area contributed by atoms with Gasteiger partial charge in [0.05, 0.1) is 35.9 Å². The largest absolute Gasteiger partial charge is 0.462 e. The van der Waals surface area contributed by atoms with Crippen molar-refractivity contribution < 1.29 is 9.47 Å². The van der Waals surface area contributed by atoms with Crippen LogP contribution in [0.3, 0.4) is 0 Å². The van der Waals surface area contributed by atoms with E-state index >= 15 is 0 Å². The molecule has 40 heavy (non-hydrogen) atoms. The van der Waals surface area contributed by atoms with Crippen molar-refractivity contribution in [1.82, 2.24) is 20.2 Å². The number of anilines is 2. The zero-order valence-electron chi connectivity index (χ0n) is 23.1. The van der Waals surface area contributed by atoms with Gasteiger partial charge in [0.1, 0.15) is 12.4 Å². The number of aromatic nitrogens is 2. The number of piperazine rings is 1. The molecule has 210 valence electrons. The molecular formula is C30H36ClN7O2. The van der Waals surface area contributed by atoms with E-state index in [2.05, 4.69) is 57.4 Å². The molecule has 2 aromatic carbocycles. The zero-order chi connectivity index (χ0) is 27.6. The number of rotatable bonds is 7. The van der Waals surface area contributed by atoms with Crippen LogP contribution in [0.25, 0.3) is 10.8 Å². The number of likely N-dealkylation sites (tertiary alicyclic amines) is 1. The minimum Gasteiger partial charge on any atom is -0.462 e. The molecule has 3 aromatic rings. The molecule has 2 saturated heterocycles. The van der Waals surface area contributed by atoms with Gasteiger partial charge < -0.3 is 24.6 Å². The molecule has 2 fully saturated rings. The molecule has 9 nitrogen and oxygen atoms in total. The lowest BCUT2D eigenvalue weighted by molar-refractivity contribution is 0.111. The normalized spacial score (nSPS) is 23.3. The van der Waals surface area contributed by atoms with Crippen LogP contribution in [0.1, 0.15) is 24.1 Å². The van der Waals surface area contributed by atoms with Crippen molar-refractivity contribution in [1.29, 1.82) is 5.26 Å². The maximum Gasteiger partial charge on any atom is 0.318 e. The minimum atomic E-state index is 0.116. The third-order valence-corrected chi connectivity index (χ3v) is 8.79. The maximum absolute atomic E-state index is 9.29. The summed E-state index contributed by atoms with van der Waals surface area (Å²) in [6, 6.07) is 15.5. The molecule has 0 bridgehead atoms. The summed E-state index contributed by atoms with van der Waals surface area (Å²) < 4.78 is 11.9. The second-order valence-corrected chi connectivity index (χ2v) is 11.4. The Morgan fingerprint density at radius 2 is 1.98 bits per heavy atom. The van der Waals surface area contributed by atoms with Crippen LogP contribution in [-0.2, 0) is 17.7 Å². The molecule has 10 heteroatoms. The molecule has 1 N–H and O–H groups in total. The first-order valence-electron chi connectivity index (χ1n) is 14.1. The Bertz CT molecular complexity index is 1410. The van der Waals surface area contributed by atoms with Crippen molar-refractivity contribution in [2.45, 2.75) is 44.0 Å². The molecule has 3 aliphatic rings. The Labute approximate surface area is 240 Å². The second-order valence-electron chi connectivity index (χ2n) is 11.0. The van der Waals surface area contributed by atoms with Crippen LogP contribution in [0, 0.1) is 11.3 Å². The van der Waals surface area contributed by atoms with E-state index in [1.165, 1.54) is 5.56 Å². The average Bonchev–Trinajstić information content (AvgIpc) is 3.35. The van der Waals surface area contributed by atoms with Gasteiger partial charge in [-0.15, -0.1) is 0 Å². The van der Waals surface area contributed by atoms with E-state index in [-0.39, 0.29) is 18.2 Å². The quantitative estimate of drug-likeness (QED) is 0.464. The van der Waals surface area contributed by atoms with Crippen LogP contribution in [0.5, 0.6) is 6.01 Å². The van der Waals surface area contributed by atoms with Gasteiger partial charge in [-0.1, -0.05) is 35.9 Å². The molecule has 6 rings (SSSR count). The van der Waals surface area contributed by atoms with Gasteiger partial charge >= 0.3 is 6.01 Å². The lowest BCUT2D eigenvalue weighted by Gasteiger charge is -2.37. The van der Waals surface area contributed by atoms with E-state index in [0.717, 1.165) is 78.6 Å². The Hall–Kier alpha value is -3.16. The highest BCUT2D eigenvalue weighted by Crippen LogP contribution is 2.37. The number of ether oxygens (including phenoxy) is 2. The first-order valence-corrected chi connectivity index (χ1v) is 14.4. The number of benzene rings is 2. The number of hydrogen-bond donors (Lipinski definition) is 1. The highest BCUT2D eigenvalue weighted by Gasteiger charge is 2.32. The van der Waals surface area contributed by atoms with Gasteiger partial charge in [-0.2, -0.15) is 15.2 Å². The number of methoxy groups -OCH3 is 1. The smallest absolute Gasteiger partial charge is 0.318 e. The van der Waals surface area contributed by atoms with E-state index in [1.807, 2.05) is 12.1 Å². The molecule has 0 radical (unpaired) electrons. The summed E-state index contributed by atoms with van der Waals surface area (Å²) in [5, 5.41) is 15.7. The first-order chi connectivity index (χ1) is 19.5. The van der Waals surface area contributed by atoms with Crippen molar-refractivity contribution in [3.63, 3.8) is 0 Å². The van der Waals surface area contributed by atoms with Gasteiger partial charge in [0, 0.05) is 68.6 Å². The molecular weight excluding hydrogens is 526 g/mol. The summed E-state index contributed by atoms with van der Waals surface area (Å²) in [7, 11) is 3.87. The number of hydrogen-bond acceptors (Lipinski definition) is 9. The van der Waals surface area contributed by atoms with Crippen LogP contribution < -0.4 is 19.9 Å². The van der Waals surface area contributed by atoms with Gasteiger partial charge in [-0.3, -0.25) is 4.90 Å². The maximum atomic E-state index is 9.29. The zero-order valence-corrected chi connectivity index (χ0v) is 23.9. The molecule has 0 aliphatic carbocycles. The van der Waals surface area contributed by atoms with Crippen LogP contribution >= 0.6 is 11.6 Å². The highest BCUT2D eigenvalue weighted by atomic mass is 35.5. The average molecular weight is 562 g/mol. The Balaban J connectivity index is 1.32. The third kappa shape index (κ3) is 5.41. The number of nitrogens with one attached hydrogen (secondary N) is 1. The lowest BCUT2D eigenvalue weighted by Crippen LogP contribution is -2.51. The molecule has 3 atom stereocenters. The van der Waals surface area contributed by atoms with E-state index < -0.39 is 0 Å². The molecule has 1 aromatic heterocycles. The molecule has 0 unspecified atom stereocenters. The van der Waals surface area contributed by atoms with Crippen molar-refractivity contribution in [3.05, 3.63) is 52.7 Å². The van der Waals surface area contributed by atoms with Gasteiger partial charge in [0.15, 0.2) is 0 Å². The summed E-state index contributed by atoms with van der Waals surface area (Å²) in [6.45, 7) is 5.27. The summed E-state index contributed by atoms with van der Waals surface area (Å²) >= 11 is 6.69. The summed E-state index contributed by atoms with van der Waals surface area (Å²) in [5.74, 6) is 0.939. The minimum absolute atomic E-state index is 0.116. The Morgan fingerprint density at radius 3 is 2.77 bits per heavy atom. The Morgan fingerprint density at radius 1 is 1.12 bits per heavy atom. The summed E-state index contributed by atoms with van der Waals surface area (Å²) in [4.78, 5) is 16.9. The van der Waals surface area contributed by atoms with Crippen molar-refractivity contribution >= 4 is 33.9 Å². The fourth-order valence-corrected chi connectivity index (χ4v) is 6.57. The van der Waals surface area contributed by atoms with Gasteiger partial charge in [0.25, 0.3) is 0 Å². The predicted molar refractivity (Wildman–Crippen MR) is 157 cm³/mol. The van der Waals surface area contributed by atoms with Crippen LogP contribution in [0.15, 0.2) is 36.4 Å². The summed E-state index contributed by atoms with van der Waals surface area (Å²) in [5.41, 5.74) is 3.27. The standard InChI is InChI=1S/C30H36ClN7O2/c1-36-17-23(39-2)15-22(36)19-40-30-34-26-18-37(27-8-4-6-20-5-3-7-25(31)28(20)27)13-10-24(26)29(35-30)38-14-12-33-21(16-38)9-11-32/h3-8,21-23,33H,9-10,12-19H2,1-2H3/t21-,22+,23+/m0/s1. The van der Waals surface area contributed by atoms with Gasteiger partial charge in [0.2, 0.25) is 0 Å². The fourth-order valence-electron chi connectivity index (χ4n) is 6.29. The van der Waals surface area contributed by atoms with Crippen molar-refractivity contribution in [3.8, 4) is 12.1 Å². The van der Waals surface area contributed by atoms with Crippen molar-refractivity contribution in [2.24, 2.45) is 0 Å². The molecule has 4 heterocycles. The SMILES string of the molecule is CO[C@@H]1C[C@H](COc2nc3c(c(N4CCN[C@@H](CC#N)C4)n2)CCN(c2cccc4cccc(Cl)c24)C3)N(C)C1. The predicted octanol–water partition coefficient (Wildman–Crippen LogP) is 3.64. The number of fused-ring (bicyclic) bond motifs is 2. The van der Waals surface area contributed by atoms with Crippen LogP contribution in [-0.4, -0.2) is 86.5 Å². The fraction of sp³-hybridized carbons (Fsp3) is 0.500. The Kier molecular flexibility index (Phi) is 7.94. The monoisotopic (exact) mass is 561 g/mol. The second kappa shape index (κ2) is 11.8. The van der Waals surface area contributed by atoms with Crippen LogP contribution in [0.2, 0.25) is 5.02 Å². The number of halogens is 1.